The van der Waals surface area contributed by atoms with Crippen LogP contribution in [-0.4, -0.2) is 26.0 Å². The van der Waals surface area contributed by atoms with Crippen LogP contribution in [0.5, 0.6) is 11.5 Å². The topological polar surface area (TPSA) is 76.7 Å². The van der Waals surface area contributed by atoms with Crippen molar-refractivity contribution in [3.63, 3.8) is 0 Å². The van der Waals surface area contributed by atoms with Crippen LogP contribution < -0.4 is 20.1 Å². The molecule has 2 aromatic carbocycles. The maximum Gasteiger partial charge on any atom is 0.237 e. The van der Waals surface area contributed by atoms with Crippen molar-refractivity contribution in [2.24, 2.45) is 11.3 Å². The highest BCUT2D eigenvalue weighted by Gasteiger charge is 2.37. The van der Waals surface area contributed by atoms with Crippen LogP contribution in [0.1, 0.15) is 20.8 Å². The van der Waals surface area contributed by atoms with Crippen LogP contribution in [0, 0.1) is 11.3 Å². The lowest BCUT2D eigenvalue weighted by Gasteiger charge is -2.28. The van der Waals surface area contributed by atoms with Gasteiger partial charge in [0.1, 0.15) is 17.4 Å². The van der Waals surface area contributed by atoms with Gasteiger partial charge in [-0.2, -0.15) is 0 Å². The van der Waals surface area contributed by atoms with E-state index in [-0.39, 0.29) is 11.8 Å². The summed E-state index contributed by atoms with van der Waals surface area (Å²) in [5.41, 5.74) is 0.567. The minimum absolute atomic E-state index is 0.379. The van der Waals surface area contributed by atoms with Crippen molar-refractivity contribution >= 4 is 23.2 Å². The van der Waals surface area contributed by atoms with E-state index in [9.17, 15) is 9.59 Å². The fraction of sp³-hybridized carbons (Fsp3) is 0.333. The number of ether oxygens (including phenoxy) is 2. The molecule has 0 atom stereocenters. The quantitative estimate of drug-likeness (QED) is 0.755. The Bertz CT molecular complexity index is 750. The molecule has 27 heavy (non-hydrogen) atoms. The molecule has 0 unspecified atom stereocenters. The number of anilines is 2. The van der Waals surface area contributed by atoms with E-state index in [1.807, 2.05) is 20.8 Å². The van der Waals surface area contributed by atoms with Crippen molar-refractivity contribution < 1.29 is 19.1 Å². The summed E-state index contributed by atoms with van der Waals surface area (Å²) in [6.45, 7) is 5.57. The first-order valence-corrected chi connectivity index (χ1v) is 8.64. The summed E-state index contributed by atoms with van der Waals surface area (Å²) in [7, 11) is 3.11. The first-order valence-electron chi connectivity index (χ1n) is 8.64. The van der Waals surface area contributed by atoms with Crippen LogP contribution >= 0.6 is 0 Å². The van der Waals surface area contributed by atoms with Gasteiger partial charge in [0.15, 0.2) is 0 Å². The van der Waals surface area contributed by atoms with Crippen LogP contribution in [-0.2, 0) is 9.59 Å². The number of carbonyl (C=O) groups is 2. The first-order chi connectivity index (χ1) is 12.7. The van der Waals surface area contributed by atoms with Gasteiger partial charge in [-0.1, -0.05) is 32.9 Å². The predicted molar refractivity (Wildman–Crippen MR) is 106 cm³/mol. The van der Waals surface area contributed by atoms with E-state index in [4.69, 9.17) is 9.47 Å². The van der Waals surface area contributed by atoms with E-state index in [0.717, 1.165) is 0 Å². The minimum Gasteiger partial charge on any atom is -0.497 e. The molecule has 144 valence electrons. The van der Waals surface area contributed by atoms with E-state index in [1.54, 1.807) is 62.8 Å². The van der Waals surface area contributed by atoms with Gasteiger partial charge in [0.05, 0.1) is 14.2 Å². The molecule has 0 fully saturated rings. The number of hydrogen-bond donors (Lipinski definition) is 2. The second-order valence-corrected chi connectivity index (χ2v) is 7.24. The van der Waals surface area contributed by atoms with Gasteiger partial charge >= 0.3 is 0 Å². The van der Waals surface area contributed by atoms with Gasteiger partial charge in [-0.15, -0.1) is 0 Å². The molecule has 0 heterocycles. The Morgan fingerprint density at radius 1 is 0.815 bits per heavy atom. The third kappa shape index (κ3) is 5.48. The molecule has 0 saturated carbocycles. The molecule has 6 heteroatoms. The first kappa shape index (κ1) is 20.3. The van der Waals surface area contributed by atoms with Crippen molar-refractivity contribution in [1.29, 1.82) is 0 Å². The van der Waals surface area contributed by atoms with E-state index < -0.39 is 11.3 Å². The highest BCUT2D eigenvalue weighted by Crippen LogP contribution is 2.29. The highest BCUT2D eigenvalue weighted by atomic mass is 16.5. The lowest BCUT2D eigenvalue weighted by molar-refractivity contribution is -0.133. The van der Waals surface area contributed by atoms with E-state index in [1.165, 1.54) is 0 Å². The summed E-state index contributed by atoms with van der Waals surface area (Å²) >= 11 is 0. The van der Waals surface area contributed by atoms with Gasteiger partial charge in [0.2, 0.25) is 11.8 Å². The molecule has 0 spiro atoms. The van der Waals surface area contributed by atoms with E-state index in [0.29, 0.717) is 22.9 Å². The smallest absolute Gasteiger partial charge is 0.237 e. The Morgan fingerprint density at radius 2 is 1.22 bits per heavy atom. The van der Waals surface area contributed by atoms with Crippen molar-refractivity contribution in [1.82, 2.24) is 0 Å². The van der Waals surface area contributed by atoms with Gasteiger partial charge < -0.3 is 20.1 Å². The van der Waals surface area contributed by atoms with Gasteiger partial charge in [-0.25, -0.2) is 0 Å². The van der Waals surface area contributed by atoms with Crippen LogP contribution in [0.2, 0.25) is 0 Å². The standard InChI is InChI=1S/C21H26N2O4/c1-21(2,3)18(19(24)22-14-8-6-10-16(12-14)26-4)20(25)23-15-9-7-11-17(13-15)27-5/h6-13,18H,1-5H3,(H,22,24)(H,23,25). The third-order valence-corrected chi connectivity index (χ3v) is 4.06. The molecule has 0 aromatic heterocycles. The summed E-state index contributed by atoms with van der Waals surface area (Å²) in [6.07, 6.45) is 0. The molecule has 2 rings (SSSR count). The highest BCUT2D eigenvalue weighted by molar-refractivity contribution is 6.11. The Balaban J connectivity index is 2.20. The van der Waals surface area contributed by atoms with Crippen LogP contribution in [0.4, 0.5) is 11.4 Å². The fourth-order valence-corrected chi connectivity index (χ4v) is 2.74. The van der Waals surface area contributed by atoms with Crippen LogP contribution in [0.15, 0.2) is 48.5 Å². The second-order valence-electron chi connectivity index (χ2n) is 7.24. The fourth-order valence-electron chi connectivity index (χ4n) is 2.74. The molecule has 0 aliphatic heterocycles. The number of benzene rings is 2. The van der Waals surface area contributed by atoms with Crippen molar-refractivity contribution in [3.8, 4) is 11.5 Å². The molecule has 2 aromatic rings. The molecule has 0 saturated heterocycles. The van der Waals surface area contributed by atoms with Crippen molar-refractivity contribution in [3.05, 3.63) is 48.5 Å². The van der Waals surface area contributed by atoms with Crippen molar-refractivity contribution in [2.75, 3.05) is 24.9 Å². The van der Waals surface area contributed by atoms with Crippen LogP contribution in [0.25, 0.3) is 0 Å². The molecule has 2 amide bonds. The number of amides is 2. The molecule has 0 bridgehead atoms. The zero-order chi connectivity index (χ0) is 20.0. The Kier molecular flexibility index (Phi) is 6.45. The summed E-state index contributed by atoms with van der Waals surface area (Å²) < 4.78 is 10.3. The zero-order valence-electron chi connectivity index (χ0n) is 16.3. The molecule has 2 N–H and O–H groups in total. The zero-order valence-corrected chi connectivity index (χ0v) is 16.3. The lowest BCUT2D eigenvalue weighted by atomic mass is 9.79. The number of hydrogen-bond acceptors (Lipinski definition) is 4. The molecule has 0 aliphatic rings. The number of carbonyl (C=O) groups excluding carboxylic acids is 2. The molecule has 0 aliphatic carbocycles. The van der Waals surface area contributed by atoms with Gasteiger partial charge in [0.25, 0.3) is 0 Å². The SMILES string of the molecule is COc1cccc(NC(=O)C(C(=O)Nc2cccc(OC)c2)C(C)(C)C)c1. The predicted octanol–water partition coefficient (Wildman–Crippen LogP) is 3.94. The summed E-state index contributed by atoms with van der Waals surface area (Å²) in [4.78, 5) is 25.8. The van der Waals surface area contributed by atoms with E-state index >= 15 is 0 Å². The summed E-state index contributed by atoms with van der Waals surface area (Å²) in [5.74, 6) is -0.399. The Labute approximate surface area is 159 Å². The average molecular weight is 370 g/mol. The third-order valence-electron chi connectivity index (χ3n) is 4.06. The van der Waals surface area contributed by atoms with Gasteiger partial charge in [0, 0.05) is 23.5 Å². The maximum absolute atomic E-state index is 12.9. The lowest BCUT2D eigenvalue weighted by Crippen LogP contribution is -2.42. The summed E-state index contributed by atoms with van der Waals surface area (Å²) in [6, 6.07) is 14.0. The maximum atomic E-state index is 12.9. The molecular formula is C21H26N2O4. The molecule has 0 radical (unpaired) electrons. The number of nitrogens with one attached hydrogen (secondary N) is 2. The Morgan fingerprint density at radius 3 is 1.56 bits per heavy atom. The van der Waals surface area contributed by atoms with Gasteiger partial charge in [-0.3, -0.25) is 9.59 Å². The monoisotopic (exact) mass is 370 g/mol. The second kappa shape index (κ2) is 8.58. The molecular weight excluding hydrogens is 344 g/mol. The molecule has 6 nitrogen and oxygen atoms in total. The van der Waals surface area contributed by atoms with Gasteiger partial charge in [-0.05, 0) is 29.7 Å². The Hall–Kier alpha value is -3.02. The van der Waals surface area contributed by atoms with Crippen molar-refractivity contribution in [2.45, 2.75) is 20.8 Å². The summed E-state index contributed by atoms with van der Waals surface area (Å²) in [5, 5.41) is 5.62. The normalized spacial score (nSPS) is 11.0. The van der Waals surface area contributed by atoms with E-state index in [2.05, 4.69) is 10.6 Å². The number of rotatable bonds is 6. The average Bonchev–Trinajstić information content (AvgIpc) is 2.60. The minimum atomic E-state index is -0.894. The number of methoxy groups -OCH3 is 2. The largest absolute Gasteiger partial charge is 0.497 e. The van der Waals surface area contributed by atoms with Crippen LogP contribution in [0.3, 0.4) is 0 Å².